The first-order valence-electron chi connectivity index (χ1n) is 5.58. The molecule has 0 saturated heterocycles. The van der Waals surface area contributed by atoms with Crippen molar-refractivity contribution in [3.8, 4) is 17.2 Å². The van der Waals surface area contributed by atoms with Gasteiger partial charge in [-0.25, -0.2) is 0 Å². The zero-order valence-electron chi connectivity index (χ0n) is 10.7. The molecule has 108 valence electrons. The Bertz CT molecular complexity index is 421. The van der Waals surface area contributed by atoms with Crippen molar-refractivity contribution in [1.82, 2.24) is 0 Å². The van der Waals surface area contributed by atoms with Gasteiger partial charge in [-0.1, -0.05) is 0 Å². The van der Waals surface area contributed by atoms with Gasteiger partial charge in [-0.3, -0.25) is 0 Å². The minimum absolute atomic E-state index is 0.0702. The van der Waals surface area contributed by atoms with Crippen LogP contribution in [0, 0.1) is 0 Å². The fourth-order valence-electron chi connectivity index (χ4n) is 1.46. The second kappa shape index (κ2) is 6.40. The molecule has 1 aromatic rings. The standard InChI is InChI=1S/C12H16F3NO3/c1-17-10-6-8(16)9(7-11(10)18-2)19-5-3-4-12(13,14)15/h6-7H,3-5,16H2,1-2H3. The van der Waals surface area contributed by atoms with Gasteiger partial charge >= 0.3 is 6.18 Å². The molecule has 4 nitrogen and oxygen atoms in total. The lowest BCUT2D eigenvalue weighted by Crippen LogP contribution is -2.10. The summed E-state index contributed by atoms with van der Waals surface area (Å²) in [6.07, 6.45) is -5.19. The highest BCUT2D eigenvalue weighted by Gasteiger charge is 2.26. The molecule has 0 amide bonds. The minimum Gasteiger partial charge on any atom is -0.493 e. The molecule has 0 heterocycles. The first kappa shape index (κ1) is 15.3. The van der Waals surface area contributed by atoms with Crippen molar-refractivity contribution in [2.75, 3.05) is 26.6 Å². The average Bonchev–Trinajstić information content (AvgIpc) is 2.34. The maximum Gasteiger partial charge on any atom is 0.389 e. The van der Waals surface area contributed by atoms with Crippen LogP contribution in [0.15, 0.2) is 12.1 Å². The molecule has 0 unspecified atom stereocenters. The van der Waals surface area contributed by atoms with E-state index in [-0.39, 0.29) is 24.5 Å². The summed E-state index contributed by atoms with van der Waals surface area (Å²) in [5.41, 5.74) is 5.99. The normalized spacial score (nSPS) is 11.2. The van der Waals surface area contributed by atoms with Crippen LogP contribution < -0.4 is 19.9 Å². The Morgan fingerprint density at radius 3 is 2.16 bits per heavy atom. The first-order chi connectivity index (χ1) is 8.87. The van der Waals surface area contributed by atoms with Crippen molar-refractivity contribution in [3.05, 3.63) is 12.1 Å². The number of alkyl halides is 3. The number of methoxy groups -OCH3 is 2. The van der Waals surface area contributed by atoms with E-state index < -0.39 is 12.6 Å². The number of nitrogen functional groups attached to an aromatic ring is 1. The number of halogens is 3. The number of anilines is 1. The summed E-state index contributed by atoms with van der Waals surface area (Å²) in [5, 5.41) is 0. The minimum atomic E-state index is -4.17. The number of rotatable bonds is 6. The summed E-state index contributed by atoms with van der Waals surface area (Å²) in [6, 6.07) is 2.99. The molecular formula is C12H16F3NO3. The molecule has 0 bridgehead atoms. The Morgan fingerprint density at radius 1 is 1.05 bits per heavy atom. The molecule has 0 aromatic heterocycles. The molecule has 0 aliphatic heterocycles. The number of benzene rings is 1. The maximum absolute atomic E-state index is 12.0. The Balaban J connectivity index is 2.63. The Kier molecular flexibility index (Phi) is 5.14. The Labute approximate surface area is 109 Å². The SMILES string of the molecule is COc1cc(N)c(OCCCC(F)(F)F)cc1OC. The quantitative estimate of drug-likeness (QED) is 0.642. The van der Waals surface area contributed by atoms with Gasteiger partial charge in [0.15, 0.2) is 11.5 Å². The highest BCUT2D eigenvalue weighted by molar-refractivity contribution is 5.61. The lowest BCUT2D eigenvalue weighted by atomic mass is 10.2. The molecule has 1 aromatic carbocycles. The van der Waals surface area contributed by atoms with Crippen molar-refractivity contribution in [2.45, 2.75) is 19.0 Å². The van der Waals surface area contributed by atoms with Crippen molar-refractivity contribution in [3.63, 3.8) is 0 Å². The maximum atomic E-state index is 12.0. The highest BCUT2D eigenvalue weighted by Crippen LogP contribution is 2.36. The number of ether oxygens (including phenoxy) is 3. The molecule has 0 spiro atoms. The van der Waals surface area contributed by atoms with Gasteiger partial charge in [-0.15, -0.1) is 0 Å². The van der Waals surface area contributed by atoms with Crippen LogP contribution >= 0.6 is 0 Å². The van der Waals surface area contributed by atoms with E-state index in [0.29, 0.717) is 11.5 Å². The predicted octanol–water partition coefficient (Wildman–Crippen LogP) is 3.01. The summed E-state index contributed by atoms with van der Waals surface area (Å²) >= 11 is 0. The third kappa shape index (κ3) is 4.76. The fourth-order valence-corrected chi connectivity index (χ4v) is 1.46. The van der Waals surface area contributed by atoms with E-state index in [9.17, 15) is 13.2 Å². The topological polar surface area (TPSA) is 53.7 Å². The van der Waals surface area contributed by atoms with E-state index in [1.807, 2.05) is 0 Å². The molecule has 0 fully saturated rings. The van der Waals surface area contributed by atoms with Crippen molar-refractivity contribution >= 4 is 5.69 Å². The van der Waals surface area contributed by atoms with Gasteiger partial charge in [0.1, 0.15) is 5.75 Å². The van der Waals surface area contributed by atoms with Crippen LogP contribution in [0.4, 0.5) is 18.9 Å². The Morgan fingerprint density at radius 2 is 1.63 bits per heavy atom. The average molecular weight is 279 g/mol. The van der Waals surface area contributed by atoms with Gasteiger partial charge in [-0.2, -0.15) is 13.2 Å². The molecule has 0 atom stereocenters. The van der Waals surface area contributed by atoms with E-state index in [4.69, 9.17) is 19.9 Å². The van der Waals surface area contributed by atoms with Crippen molar-refractivity contribution in [2.24, 2.45) is 0 Å². The van der Waals surface area contributed by atoms with Gasteiger partial charge in [0.05, 0.1) is 26.5 Å². The van der Waals surface area contributed by atoms with E-state index in [2.05, 4.69) is 0 Å². The molecule has 0 radical (unpaired) electrons. The predicted molar refractivity (Wildman–Crippen MR) is 64.7 cm³/mol. The van der Waals surface area contributed by atoms with E-state index in [0.717, 1.165) is 0 Å². The summed E-state index contributed by atoms with van der Waals surface area (Å²) in [7, 11) is 2.91. The molecular weight excluding hydrogens is 263 g/mol. The smallest absolute Gasteiger partial charge is 0.389 e. The number of nitrogens with two attached hydrogens (primary N) is 1. The zero-order chi connectivity index (χ0) is 14.5. The van der Waals surface area contributed by atoms with Crippen LogP contribution in [0.5, 0.6) is 17.2 Å². The monoisotopic (exact) mass is 279 g/mol. The first-order valence-corrected chi connectivity index (χ1v) is 5.58. The molecule has 0 aliphatic rings. The highest BCUT2D eigenvalue weighted by atomic mass is 19.4. The number of hydrogen-bond donors (Lipinski definition) is 1. The summed E-state index contributed by atoms with van der Waals surface area (Å²) < 4.78 is 51.2. The van der Waals surface area contributed by atoms with Crippen LogP contribution in [0.3, 0.4) is 0 Å². The molecule has 0 aliphatic carbocycles. The summed E-state index contributed by atoms with van der Waals surface area (Å²) in [5.74, 6) is 1.12. The van der Waals surface area contributed by atoms with E-state index >= 15 is 0 Å². The molecule has 19 heavy (non-hydrogen) atoms. The van der Waals surface area contributed by atoms with Crippen LogP contribution in [-0.2, 0) is 0 Å². The molecule has 2 N–H and O–H groups in total. The van der Waals surface area contributed by atoms with Crippen LogP contribution in [0.2, 0.25) is 0 Å². The van der Waals surface area contributed by atoms with Crippen molar-refractivity contribution < 1.29 is 27.4 Å². The molecule has 0 saturated carbocycles. The third-order valence-electron chi connectivity index (χ3n) is 2.38. The van der Waals surface area contributed by atoms with E-state index in [1.165, 1.54) is 26.4 Å². The second-order valence-corrected chi connectivity index (χ2v) is 3.81. The number of hydrogen-bond acceptors (Lipinski definition) is 4. The largest absolute Gasteiger partial charge is 0.493 e. The zero-order valence-corrected chi connectivity index (χ0v) is 10.7. The van der Waals surface area contributed by atoms with Gasteiger partial charge in [-0.05, 0) is 6.42 Å². The van der Waals surface area contributed by atoms with Crippen LogP contribution in [0.1, 0.15) is 12.8 Å². The van der Waals surface area contributed by atoms with Crippen LogP contribution in [0.25, 0.3) is 0 Å². The third-order valence-corrected chi connectivity index (χ3v) is 2.38. The van der Waals surface area contributed by atoms with Gasteiger partial charge in [0, 0.05) is 18.6 Å². The lowest BCUT2D eigenvalue weighted by Gasteiger charge is -2.13. The van der Waals surface area contributed by atoms with Crippen molar-refractivity contribution in [1.29, 1.82) is 0 Å². The molecule has 7 heteroatoms. The van der Waals surface area contributed by atoms with E-state index in [1.54, 1.807) is 0 Å². The van der Waals surface area contributed by atoms with Gasteiger partial charge in [0.25, 0.3) is 0 Å². The lowest BCUT2D eigenvalue weighted by molar-refractivity contribution is -0.136. The van der Waals surface area contributed by atoms with Gasteiger partial charge < -0.3 is 19.9 Å². The summed E-state index contributed by atoms with van der Waals surface area (Å²) in [4.78, 5) is 0. The summed E-state index contributed by atoms with van der Waals surface area (Å²) in [6.45, 7) is -0.0702. The van der Waals surface area contributed by atoms with Gasteiger partial charge in [0.2, 0.25) is 0 Å². The Hall–Kier alpha value is -1.79. The fraction of sp³-hybridized carbons (Fsp3) is 0.500. The molecule has 1 rings (SSSR count). The second-order valence-electron chi connectivity index (χ2n) is 3.81. The van der Waals surface area contributed by atoms with Crippen LogP contribution in [-0.4, -0.2) is 27.0 Å².